The summed E-state index contributed by atoms with van der Waals surface area (Å²) < 4.78 is 10.6. The molecule has 2 saturated heterocycles. The molecule has 5 heteroatoms. The van der Waals surface area contributed by atoms with Gasteiger partial charge in [0.25, 0.3) is 0 Å². The Morgan fingerprint density at radius 2 is 2.20 bits per heavy atom. The van der Waals surface area contributed by atoms with Crippen LogP contribution in [0.2, 0.25) is 0 Å². The van der Waals surface area contributed by atoms with E-state index in [0.717, 1.165) is 24.3 Å². The monoisotopic (exact) mass is 231 g/mol. The van der Waals surface area contributed by atoms with Crippen LogP contribution in [0.4, 0.5) is 0 Å². The molecule has 0 amide bonds. The van der Waals surface area contributed by atoms with Gasteiger partial charge in [0.1, 0.15) is 5.92 Å². The summed E-state index contributed by atoms with van der Waals surface area (Å²) >= 11 is 1.91. The molecule has 2 heterocycles. The second kappa shape index (κ2) is 4.31. The number of hydrogen-bond donors (Lipinski definition) is 1. The second-order valence-corrected chi connectivity index (χ2v) is 5.38. The zero-order chi connectivity index (χ0) is 10.9. The second-order valence-electron chi connectivity index (χ2n) is 4.15. The van der Waals surface area contributed by atoms with Crippen molar-refractivity contribution < 1.29 is 14.3 Å². The molecule has 0 aromatic rings. The van der Waals surface area contributed by atoms with Gasteiger partial charge in [-0.15, -0.1) is 0 Å². The maximum atomic E-state index is 11.7. The topological polar surface area (TPSA) is 61.5 Å². The Morgan fingerprint density at radius 3 is 2.80 bits per heavy atom. The van der Waals surface area contributed by atoms with Crippen LogP contribution in [-0.2, 0) is 14.3 Å². The van der Waals surface area contributed by atoms with E-state index in [2.05, 4.69) is 0 Å². The number of carbonyl (C=O) groups excluding carboxylic acids is 1. The minimum absolute atomic E-state index is 0.208. The first-order valence-electron chi connectivity index (χ1n) is 5.25. The van der Waals surface area contributed by atoms with Crippen molar-refractivity contribution in [2.75, 3.05) is 25.2 Å². The maximum Gasteiger partial charge on any atom is 0.313 e. The molecule has 0 aliphatic carbocycles. The average Bonchev–Trinajstić information content (AvgIpc) is 2.56. The number of methoxy groups -OCH3 is 1. The van der Waals surface area contributed by atoms with E-state index in [9.17, 15) is 4.79 Å². The zero-order valence-corrected chi connectivity index (χ0v) is 9.72. The standard InChI is InChI=1S/C10H17NO3S/c1-13-9(12)8-7(11)6-14-10(8)2-4-15-5-3-10/h7-8H,2-6,11H2,1H3. The largest absolute Gasteiger partial charge is 0.469 e. The summed E-state index contributed by atoms with van der Waals surface area (Å²) in [5, 5.41) is 0. The molecule has 0 aromatic carbocycles. The molecule has 4 nitrogen and oxygen atoms in total. The van der Waals surface area contributed by atoms with Crippen molar-refractivity contribution in [2.45, 2.75) is 24.5 Å². The molecule has 2 fully saturated rings. The molecule has 86 valence electrons. The van der Waals surface area contributed by atoms with E-state index in [4.69, 9.17) is 15.2 Å². The van der Waals surface area contributed by atoms with Crippen LogP contribution in [0.1, 0.15) is 12.8 Å². The minimum atomic E-state index is -0.336. The molecule has 0 radical (unpaired) electrons. The lowest BCUT2D eigenvalue weighted by molar-refractivity contribution is -0.152. The molecule has 2 rings (SSSR count). The van der Waals surface area contributed by atoms with Crippen molar-refractivity contribution in [3.05, 3.63) is 0 Å². The Labute approximate surface area is 93.9 Å². The summed E-state index contributed by atoms with van der Waals surface area (Å²) in [6.45, 7) is 0.477. The lowest BCUT2D eigenvalue weighted by atomic mass is 9.80. The van der Waals surface area contributed by atoms with Gasteiger partial charge in [0.2, 0.25) is 0 Å². The fraction of sp³-hybridized carbons (Fsp3) is 0.900. The Morgan fingerprint density at radius 1 is 1.53 bits per heavy atom. The molecule has 15 heavy (non-hydrogen) atoms. The van der Waals surface area contributed by atoms with Gasteiger partial charge in [-0.2, -0.15) is 11.8 Å². The van der Waals surface area contributed by atoms with Crippen molar-refractivity contribution in [2.24, 2.45) is 11.7 Å². The van der Waals surface area contributed by atoms with Gasteiger partial charge in [-0.25, -0.2) is 0 Å². The highest BCUT2D eigenvalue weighted by Crippen LogP contribution is 2.42. The fourth-order valence-electron chi connectivity index (χ4n) is 2.53. The van der Waals surface area contributed by atoms with Crippen LogP contribution >= 0.6 is 11.8 Å². The normalized spacial score (nSPS) is 34.3. The molecule has 2 unspecified atom stereocenters. The van der Waals surface area contributed by atoms with E-state index >= 15 is 0 Å². The number of thioether (sulfide) groups is 1. The number of carbonyl (C=O) groups is 1. The minimum Gasteiger partial charge on any atom is -0.469 e. The molecule has 2 atom stereocenters. The lowest BCUT2D eigenvalue weighted by Crippen LogP contribution is -2.48. The molecule has 2 aliphatic heterocycles. The molecule has 0 saturated carbocycles. The van der Waals surface area contributed by atoms with Crippen LogP contribution in [0, 0.1) is 5.92 Å². The van der Waals surface area contributed by atoms with Crippen LogP contribution in [0.15, 0.2) is 0 Å². The van der Waals surface area contributed by atoms with Crippen molar-refractivity contribution in [3.63, 3.8) is 0 Å². The first-order valence-corrected chi connectivity index (χ1v) is 6.40. The Hall–Kier alpha value is -0.260. The quantitative estimate of drug-likeness (QED) is 0.662. The van der Waals surface area contributed by atoms with Crippen LogP contribution in [0.25, 0.3) is 0 Å². The third-order valence-electron chi connectivity index (χ3n) is 3.35. The molecule has 0 bridgehead atoms. The van der Waals surface area contributed by atoms with Gasteiger partial charge in [-0.3, -0.25) is 4.79 Å². The van der Waals surface area contributed by atoms with Gasteiger partial charge in [-0.05, 0) is 24.3 Å². The predicted octanol–water partition coefficient (Wildman–Crippen LogP) is 0.399. The highest BCUT2D eigenvalue weighted by molar-refractivity contribution is 7.99. The van der Waals surface area contributed by atoms with Crippen molar-refractivity contribution in [1.82, 2.24) is 0 Å². The molecular weight excluding hydrogens is 214 g/mol. The summed E-state index contributed by atoms with van der Waals surface area (Å²) in [4.78, 5) is 11.7. The lowest BCUT2D eigenvalue weighted by Gasteiger charge is -2.36. The SMILES string of the molecule is COC(=O)C1C(N)COC12CCSCC2. The Kier molecular flexibility index (Phi) is 3.23. The highest BCUT2D eigenvalue weighted by atomic mass is 32.2. The molecular formula is C10H17NO3S. The number of rotatable bonds is 1. The smallest absolute Gasteiger partial charge is 0.313 e. The van der Waals surface area contributed by atoms with Gasteiger partial charge in [0.15, 0.2) is 0 Å². The van der Waals surface area contributed by atoms with Crippen LogP contribution in [-0.4, -0.2) is 42.8 Å². The van der Waals surface area contributed by atoms with E-state index in [1.165, 1.54) is 7.11 Å². The summed E-state index contributed by atoms with van der Waals surface area (Å²) in [5.74, 6) is 1.59. The highest BCUT2D eigenvalue weighted by Gasteiger charge is 2.53. The third-order valence-corrected chi connectivity index (χ3v) is 4.34. The summed E-state index contributed by atoms with van der Waals surface area (Å²) in [6, 6.07) is -0.208. The molecule has 2 N–H and O–H groups in total. The van der Waals surface area contributed by atoms with E-state index < -0.39 is 0 Å². The van der Waals surface area contributed by atoms with Gasteiger partial charge in [-0.1, -0.05) is 0 Å². The summed E-state index contributed by atoms with van der Waals surface area (Å²) in [5.41, 5.74) is 5.59. The maximum absolute atomic E-state index is 11.7. The molecule has 1 spiro atoms. The predicted molar refractivity (Wildman–Crippen MR) is 58.7 cm³/mol. The number of nitrogens with two attached hydrogens (primary N) is 1. The van der Waals surface area contributed by atoms with Gasteiger partial charge in [0.05, 0.1) is 19.3 Å². The average molecular weight is 231 g/mol. The first-order chi connectivity index (χ1) is 7.19. The van der Waals surface area contributed by atoms with E-state index in [1.807, 2.05) is 11.8 Å². The van der Waals surface area contributed by atoms with Crippen LogP contribution in [0.5, 0.6) is 0 Å². The summed E-state index contributed by atoms with van der Waals surface area (Å²) in [6.07, 6.45) is 1.82. The zero-order valence-electron chi connectivity index (χ0n) is 8.90. The Bertz CT molecular complexity index is 248. The summed E-state index contributed by atoms with van der Waals surface area (Å²) in [7, 11) is 1.42. The van der Waals surface area contributed by atoms with Crippen LogP contribution in [0.3, 0.4) is 0 Å². The van der Waals surface area contributed by atoms with Gasteiger partial charge < -0.3 is 15.2 Å². The van der Waals surface area contributed by atoms with Gasteiger partial charge >= 0.3 is 5.97 Å². The molecule has 2 aliphatic rings. The Balaban J connectivity index is 2.18. The molecule has 0 aromatic heterocycles. The fourth-order valence-corrected chi connectivity index (χ4v) is 3.71. The van der Waals surface area contributed by atoms with Gasteiger partial charge in [0, 0.05) is 6.04 Å². The number of esters is 1. The van der Waals surface area contributed by atoms with Crippen LogP contribution < -0.4 is 5.73 Å². The first kappa shape index (κ1) is 11.2. The van der Waals surface area contributed by atoms with Crippen molar-refractivity contribution in [3.8, 4) is 0 Å². The van der Waals surface area contributed by atoms with E-state index in [0.29, 0.717) is 6.61 Å². The number of hydrogen-bond acceptors (Lipinski definition) is 5. The number of ether oxygens (including phenoxy) is 2. The van der Waals surface area contributed by atoms with E-state index in [-0.39, 0.29) is 23.5 Å². The third kappa shape index (κ3) is 1.88. The van der Waals surface area contributed by atoms with E-state index in [1.54, 1.807) is 0 Å². The van der Waals surface area contributed by atoms with Crippen molar-refractivity contribution in [1.29, 1.82) is 0 Å². The van der Waals surface area contributed by atoms with Crippen molar-refractivity contribution >= 4 is 17.7 Å².